The van der Waals surface area contributed by atoms with Gasteiger partial charge in [0.2, 0.25) is 0 Å². The van der Waals surface area contributed by atoms with Crippen LogP contribution in [-0.2, 0) is 12.6 Å². The molecule has 4 rings (SSSR count). The number of fused-ring (bicyclic) bond motifs is 3. The van der Waals surface area contributed by atoms with Gasteiger partial charge in [-0.25, -0.2) is 0 Å². The largest absolute Gasteiger partial charge is 0.417 e. The van der Waals surface area contributed by atoms with E-state index in [9.17, 15) is 13.2 Å². The Labute approximate surface area is 139 Å². The summed E-state index contributed by atoms with van der Waals surface area (Å²) in [4.78, 5) is 2.30. The van der Waals surface area contributed by atoms with E-state index in [0.717, 1.165) is 43.7 Å². The van der Waals surface area contributed by atoms with Gasteiger partial charge in [-0.1, -0.05) is 36.4 Å². The molecule has 2 aromatic carbocycles. The van der Waals surface area contributed by atoms with Gasteiger partial charge < -0.3 is 10.2 Å². The van der Waals surface area contributed by atoms with Gasteiger partial charge in [-0.05, 0) is 36.6 Å². The summed E-state index contributed by atoms with van der Waals surface area (Å²) in [5.41, 5.74) is 2.57. The molecule has 2 aliphatic rings. The molecular weight excluding hydrogens is 313 g/mol. The first kappa shape index (κ1) is 15.5. The maximum Gasteiger partial charge on any atom is 0.417 e. The minimum atomic E-state index is -4.35. The molecule has 5 heteroatoms. The number of para-hydroxylation sites is 1. The van der Waals surface area contributed by atoms with Crippen LogP contribution in [-0.4, -0.2) is 25.7 Å². The van der Waals surface area contributed by atoms with Crippen LogP contribution in [0.4, 0.5) is 18.9 Å². The first-order valence-electron chi connectivity index (χ1n) is 8.31. The topological polar surface area (TPSA) is 15.3 Å². The monoisotopic (exact) mass is 332 g/mol. The van der Waals surface area contributed by atoms with Crippen LogP contribution in [0.25, 0.3) is 11.1 Å². The summed E-state index contributed by atoms with van der Waals surface area (Å²) in [7, 11) is 0. The zero-order valence-corrected chi connectivity index (χ0v) is 13.2. The quantitative estimate of drug-likeness (QED) is 0.846. The molecule has 0 unspecified atom stereocenters. The fraction of sp³-hybridized carbons (Fsp3) is 0.368. The number of halogens is 3. The number of nitrogens with one attached hydrogen (secondary N) is 1. The van der Waals surface area contributed by atoms with Gasteiger partial charge >= 0.3 is 6.18 Å². The second kappa shape index (κ2) is 5.81. The zero-order chi connectivity index (χ0) is 16.7. The zero-order valence-electron chi connectivity index (χ0n) is 13.2. The molecule has 2 aromatic rings. The average Bonchev–Trinajstić information content (AvgIpc) is 2.76. The van der Waals surface area contributed by atoms with Crippen molar-refractivity contribution in [2.75, 3.05) is 24.5 Å². The molecule has 2 nitrogen and oxygen atoms in total. The van der Waals surface area contributed by atoms with Crippen LogP contribution in [0.15, 0.2) is 42.5 Å². The first-order valence-corrected chi connectivity index (χ1v) is 8.31. The molecule has 1 fully saturated rings. The van der Waals surface area contributed by atoms with Gasteiger partial charge in [-0.3, -0.25) is 0 Å². The van der Waals surface area contributed by atoms with E-state index < -0.39 is 11.7 Å². The summed E-state index contributed by atoms with van der Waals surface area (Å²) >= 11 is 0. The van der Waals surface area contributed by atoms with Crippen molar-refractivity contribution in [3.63, 3.8) is 0 Å². The standard InChI is InChI=1S/C19H19F3N2/c20-19(21,22)17-7-2-1-5-15(17)16-6-3-4-13-12-14-8-9-23-10-11-24(14)18(13)16/h1-7,14,23H,8-12H2/t14-/m0/s1. The Morgan fingerprint density at radius 1 is 0.958 bits per heavy atom. The second-order valence-corrected chi connectivity index (χ2v) is 6.45. The Bertz CT molecular complexity index is 755. The van der Waals surface area contributed by atoms with Crippen molar-refractivity contribution in [1.29, 1.82) is 0 Å². The number of benzene rings is 2. The molecule has 0 radical (unpaired) electrons. The summed E-state index contributed by atoms with van der Waals surface area (Å²) in [5.74, 6) is 0. The highest BCUT2D eigenvalue weighted by Gasteiger charge is 2.36. The third-order valence-corrected chi connectivity index (χ3v) is 5.01. The molecule has 1 saturated heterocycles. The summed E-state index contributed by atoms with van der Waals surface area (Å²) in [6.07, 6.45) is -2.41. The second-order valence-electron chi connectivity index (χ2n) is 6.45. The van der Waals surface area contributed by atoms with Gasteiger partial charge in [0.05, 0.1) is 5.56 Å². The maximum absolute atomic E-state index is 13.5. The smallest absolute Gasteiger partial charge is 0.366 e. The number of alkyl halides is 3. The number of rotatable bonds is 1. The Hall–Kier alpha value is -2.01. The molecule has 0 aliphatic carbocycles. The lowest BCUT2D eigenvalue weighted by molar-refractivity contribution is -0.137. The molecule has 0 amide bonds. The van der Waals surface area contributed by atoms with Gasteiger partial charge in [-0.2, -0.15) is 13.2 Å². The molecule has 2 heterocycles. The number of hydrogen-bond donors (Lipinski definition) is 1. The third kappa shape index (κ3) is 2.57. The molecule has 2 aliphatic heterocycles. The van der Waals surface area contributed by atoms with Crippen molar-refractivity contribution < 1.29 is 13.2 Å². The lowest BCUT2D eigenvalue weighted by atomic mass is 9.95. The van der Waals surface area contributed by atoms with Gasteiger partial charge in [0.1, 0.15) is 0 Å². The summed E-state index contributed by atoms with van der Waals surface area (Å²) in [6.45, 7) is 2.66. The Morgan fingerprint density at radius 3 is 2.58 bits per heavy atom. The molecule has 0 aromatic heterocycles. The molecule has 0 bridgehead atoms. The van der Waals surface area contributed by atoms with Crippen LogP contribution in [0.1, 0.15) is 17.5 Å². The van der Waals surface area contributed by atoms with Crippen molar-refractivity contribution in [2.45, 2.75) is 25.1 Å². The molecule has 126 valence electrons. The van der Waals surface area contributed by atoms with Crippen LogP contribution in [0.5, 0.6) is 0 Å². The summed E-state index contributed by atoms with van der Waals surface area (Å²) < 4.78 is 40.4. The van der Waals surface area contributed by atoms with E-state index in [1.165, 1.54) is 12.1 Å². The van der Waals surface area contributed by atoms with E-state index in [-0.39, 0.29) is 5.56 Å². The summed E-state index contributed by atoms with van der Waals surface area (Å²) in [6, 6.07) is 12.0. The fourth-order valence-electron chi connectivity index (χ4n) is 3.97. The normalized spacial score (nSPS) is 20.5. The van der Waals surface area contributed by atoms with Crippen molar-refractivity contribution in [3.05, 3.63) is 53.6 Å². The molecule has 1 atom stereocenters. The van der Waals surface area contributed by atoms with Gasteiger partial charge in [0, 0.05) is 30.4 Å². The minimum Gasteiger partial charge on any atom is -0.366 e. The highest BCUT2D eigenvalue weighted by Crippen LogP contribution is 2.45. The van der Waals surface area contributed by atoms with Crippen molar-refractivity contribution in [2.24, 2.45) is 0 Å². The van der Waals surface area contributed by atoms with E-state index >= 15 is 0 Å². The highest BCUT2D eigenvalue weighted by molar-refractivity contribution is 5.85. The van der Waals surface area contributed by atoms with E-state index in [2.05, 4.69) is 16.3 Å². The molecule has 0 spiro atoms. The van der Waals surface area contributed by atoms with E-state index in [1.807, 2.05) is 12.1 Å². The van der Waals surface area contributed by atoms with Gasteiger partial charge in [-0.15, -0.1) is 0 Å². The van der Waals surface area contributed by atoms with Gasteiger partial charge in [0.15, 0.2) is 0 Å². The lowest BCUT2D eigenvalue weighted by Gasteiger charge is -2.27. The maximum atomic E-state index is 13.5. The molecule has 1 N–H and O–H groups in total. The Kier molecular flexibility index (Phi) is 3.76. The van der Waals surface area contributed by atoms with Crippen LogP contribution in [0.2, 0.25) is 0 Å². The molecule has 0 saturated carbocycles. The SMILES string of the molecule is FC(F)(F)c1ccccc1-c1cccc2c1N1CCNCC[C@H]1C2. The Morgan fingerprint density at radius 2 is 1.75 bits per heavy atom. The highest BCUT2D eigenvalue weighted by atomic mass is 19.4. The van der Waals surface area contributed by atoms with Crippen LogP contribution < -0.4 is 10.2 Å². The van der Waals surface area contributed by atoms with E-state index in [4.69, 9.17) is 0 Å². The summed E-state index contributed by atoms with van der Waals surface area (Å²) in [5, 5.41) is 3.38. The van der Waals surface area contributed by atoms with E-state index in [1.54, 1.807) is 12.1 Å². The molecule has 24 heavy (non-hydrogen) atoms. The Balaban J connectivity index is 1.87. The van der Waals surface area contributed by atoms with Crippen LogP contribution in [0.3, 0.4) is 0 Å². The number of anilines is 1. The number of nitrogens with zero attached hydrogens (tertiary/aromatic N) is 1. The average molecular weight is 332 g/mol. The molecular formula is C19H19F3N2. The van der Waals surface area contributed by atoms with E-state index in [0.29, 0.717) is 11.6 Å². The van der Waals surface area contributed by atoms with Crippen molar-refractivity contribution in [1.82, 2.24) is 5.32 Å². The lowest BCUT2D eigenvalue weighted by Crippen LogP contribution is -2.33. The third-order valence-electron chi connectivity index (χ3n) is 5.01. The number of hydrogen-bond acceptors (Lipinski definition) is 2. The fourth-order valence-corrected chi connectivity index (χ4v) is 3.97. The first-order chi connectivity index (χ1) is 11.6. The predicted octanol–water partition coefficient (Wildman–Crippen LogP) is 4.10. The minimum absolute atomic E-state index is 0.278. The predicted molar refractivity (Wildman–Crippen MR) is 89.2 cm³/mol. The van der Waals surface area contributed by atoms with Gasteiger partial charge in [0.25, 0.3) is 0 Å². The van der Waals surface area contributed by atoms with Crippen LogP contribution in [0, 0.1) is 0 Å². The van der Waals surface area contributed by atoms with Crippen LogP contribution >= 0.6 is 0 Å². The van der Waals surface area contributed by atoms with Crippen molar-refractivity contribution >= 4 is 5.69 Å². The van der Waals surface area contributed by atoms with Crippen molar-refractivity contribution in [3.8, 4) is 11.1 Å².